The van der Waals surface area contributed by atoms with Crippen LogP contribution < -0.4 is 14.8 Å². The number of anilines is 1. The van der Waals surface area contributed by atoms with Crippen molar-refractivity contribution < 1.29 is 14.3 Å². The summed E-state index contributed by atoms with van der Waals surface area (Å²) in [7, 11) is 3.03. The molecule has 0 fully saturated rings. The van der Waals surface area contributed by atoms with E-state index in [2.05, 4.69) is 20.3 Å². The lowest BCUT2D eigenvalue weighted by Gasteiger charge is -2.13. The highest BCUT2D eigenvalue weighted by molar-refractivity contribution is 5.94. The second-order valence-electron chi connectivity index (χ2n) is 6.31. The number of pyridine rings is 1. The number of methoxy groups -OCH3 is 2. The Kier molecular flexibility index (Phi) is 4.82. The Labute approximate surface area is 167 Å². The van der Waals surface area contributed by atoms with E-state index in [9.17, 15) is 4.79 Å². The summed E-state index contributed by atoms with van der Waals surface area (Å²) in [5.41, 5.74) is 4.53. The highest BCUT2D eigenvalue weighted by atomic mass is 16.5. The van der Waals surface area contributed by atoms with Gasteiger partial charge in [-0.05, 0) is 6.07 Å². The van der Waals surface area contributed by atoms with Gasteiger partial charge in [-0.1, -0.05) is 30.3 Å². The van der Waals surface area contributed by atoms with Crippen LogP contribution in [0.15, 0.2) is 55.0 Å². The summed E-state index contributed by atoms with van der Waals surface area (Å²) in [6, 6.07) is 11.9. The fourth-order valence-electron chi connectivity index (χ4n) is 3.14. The Morgan fingerprint density at radius 3 is 2.52 bits per heavy atom. The molecule has 8 heteroatoms. The van der Waals surface area contributed by atoms with Gasteiger partial charge in [-0.2, -0.15) is 4.98 Å². The first kappa shape index (κ1) is 18.4. The summed E-state index contributed by atoms with van der Waals surface area (Å²) in [5.74, 6) is 0.178. The predicted molar refractivity (Wildman–Crippen MR) is 109 cm³/mol. The number of amides is 1. The molecule has 1 aromatic carbocycles. The van der Waals surface area contributed by atoms with E-state index in [0.29, 0.717) is 22.8 Å². The number of aromatic nitrogens is 4. The predicted octanol–water partition coefficient (Wildman–Crippen LogP) is 3.43. The second kappa shape index (κ2) is 7.59. The van der Waals surface area contributed by atoms with Crippen LogP contribution in [0.3, 0.4) is 0 Å². The van der Waals surface area contributed by atoms with Crippen LogP contribution in [-0.2, 0) is 4.79 Å². The zero-order chi connectivity index (χ0) is 20.4. The number of carbonyl (C=O) groups is 1. The Hall–Kier alpha value is -3.94. The van der Waals surface area contributed by atoms with Gasteiger partial charge in [0, 0.05) is 30.4 Å². The van der Waals surface area contributed by atoms with Gasteiger partial charge in [0.2, 0.25) is 11.8 Å². The molecule has 4 rings (SSSR count). The van der Waals surface area contributed by atoms with Crippen LogP contribution in [0.4, 0.5) is 5.69 Å². The minimum atomic E-state index is -0.189. The van der Waals surface area contributed by atoms with E-state index in [1.807, 2.05) is 47.0 Å². The Morgan fingerprint density at radius 1 is 1.03 bits per heavy atom. The maximum absolute atomic E-state index is 11.8. The monoisotopic (exact) mass is 389 g/mol. The van der Waals surface area contributed by atoms with E-state index in [1.165, 1.54) is 21.1 Å². The number of ether oxygens (including phenoxy) is 2. The third-order valence-corrected chi connectivity index (χ3v) is 4.40. The van der Waals surface area contributed by atoms with E-state index >= 15 is 0 Å². The molecule has 0 saturated heterocycles. The minimum Gasteiger partial charge on any atom is -0.480 e. The molecule has 0 radical (unpaired) electrons. The lowest BCUT2D eigenvalue weighted by atomic mass is 10.1. The zero-order valence-electron chi connectivity index (χ0n) is 16.2. The highest BCUT2D eigenvalue weighted by Gasteiger charge is 2.17. The van der Waals surface area contributed by atoms with Crippen LogP contribution in [-0.4, -0.2) is 39.5 Å². The quantitative estimate of drug-likeness (QED) is 0.562. The van der Waals surface area contributed by atoms with E-state index < -0.39 is 0 Å². The van der Waals surface area contributed by atoms with E-state index in [-0.39, 0.29) is 11.9 Å². The van der Waals surface area contributed by atoms with Crippen LogP contribution in [0.25, 0.3) is 28.0 Å². The molecule has 0 saturated carbocycles. The molecule has 0 bridgehead atoms. The summed E-state index contributed by atoms with van der Waals surface area (Å²) in [4.78, 5) is 24.7. The smallest absolute Gasteiger partial charge is 0.319 e. The van der Waals surface area contributed by atoms with Gasteiger partial charge in [-0.3, -0.25) is 9.20 Å². The van der Waals surface area contributed by atoms with Gasteiger partial charge in [0.1, 0.15) is 0 Å². The molecule has 0 atom stereocenters. The molecule has 0 spiro atoms. The number of benzene rings is 1. The first-order chi connectivity index (χ1) is 14.1. The maximum Gasteiger partial charge on any atom is 0.319 e. The average molecular weight is 389 g/mol. The van der Waals surface area contributed by atoms with Crippen LogP contribution >= 0.6 is 0 Å². The largest absolute Gasteiger partial charge is 0.480 e. The SMILES string of the molecule is COc1ncc(-c2cc(NC(C)=O)c3ncc(-c4ccccc4)n3c2)c(OC)n1. The molecule has 3 aromatic heterocycles. The Bertz CT molecular complexity index is 1190. The fraction of sp³-hybridized carbons (Fsp3) is 0.143. The van der Waals surface area contributed by atoms with Crippen LogP contribution in [0.5, 0.6) is 11.9 Å². The summed E-state index contributed by atoms with van der Waals surface area (Å²) in [6.07, 6.45) is 5.33. The summed E-state index contributed by atoms with van der Waals surface area (Å²) in [6.45, 7) is 1.46. The van der Waals surface area contributed by atoms with Gasteiger partial charge in [-0.15, -0.1) is 0 Å². The number of rotatable bonds is 5. The van der Waals surface area contributed by atoms with Crippen molar-refractivity contribution in [2.75, 3.05) is 19.5 Å². The number of nitrogens with zero attached hydrogens (tertiary/aromatic N) is 4. The van der Waals surface area contributed by atoms with E-state index in [0.717, 1.165) is 16.8 Å². The molecule has 146 valence electrons. The van der Waals surface area contributed by atoms with Gasteiger partial charge in [0.15, 0.2) is 5.65 Å². The summed E-state index contributed by atoms with van der Waals surface area (Å²) < 4.78 is 12.4. The molecular formula is C21H19N5O3. The number of fused-ring (bicyclic) bond motifs is 1. The van der Waals surface area contributed by atoms with Gasteiger partial charge in [-0.25, -0.2) is 9.97 Å². The highest BCUT2D eigenvalue weighted by Crippen LogP contribution is 2.34. The van der Waals surface area contributed by atoms with Crippen molar-refractivity contribution in [1.29, 1.82) is 0 Å². The normalized spacial score (nSPS) is 10.7. The van der Waals surface area contributed by atoms with Gasteiger partial charge in [0.05, 0.1) is 37.4 Å². The molecule has 0 aliphatic carbocycles. The number of hydrogen-bond acceptors (Lipinski definition) is 6. The minimum absolute atomic E-state index is 0.189. The first-order valence-corrected chi connectivity index (χ1v) is 8.90. The number of carbonyl (C=O) groups excluding carboxylic acids is 1. The molecule has 4 aromatic rings. The molecule has 0 unspecified atom stereocenters. The van der Waals surface area contributed by atoms with Crippen molar-refractivity contribution in [2.45, 2.75) is 6.92 Å². The lowest BCUT2D eigenvalue weighted by molar-refractivity contribution is -0.114. The van der Waals surface area contributed by atoms with E-state index in [1.54, 1.807) is 12.4 Å². The molecule has 29 heavy (non-hydrogen) atoms. The molecule has 1 N–H and O–H groups in total. The zero-order valence-corrected chi connectivity index (χ0v) is 16.2. The molecule has 8 nitrogen and oxygen atoms in total. The van der Waals surface area contributed by atoms with Crippen molar-refractivity contribution in [1.82, 2.24) is 19.4 Å². The van der Waals surface area contributed by atoms with Crippen molar-refractivity contribution in [2.24, 2.45) is 0 Å². The molecule has 3 heterocycles. The van der Waals surface area contributed by atoms with Crippen LogP contribution in [0.2, 0.25) is 0 Å². The molecule has 0 aliphatic rings. The first-order valence-electron chi connectivity index (χ1n) is 8.90. The van der Waals surface area contributed by atoms with Crippen molar-refractivity contribution in [3.8, 4) is 34.3 Å². The topological polar surface area (TPSA) is 90.6 Å². The molecular weight excluding hydrogens is 370 g/mol. The standard InChI is InChI=1S/C21H19N5O3/c1-13(27)24-17-9-15(16-10-23-21(29-3)25-20(16)28-2)12-26-18(11-22-19(17)26)14-7-5-4-6-8-14/h4-12H,1-3H3,(H,24,27). The third-order valence-electron chi connectivity index (χ3n) is 4.40. The average Bonchev–Trinajstić information content (AvgIpc) is 3.17. The van der Waals surface area contributed by atoms with Gasteiger partial charge in [0.25, 0.3) is 0 Å². The molecule has 0 aliphatic heterocycles. The summed E-state index contributed by atoms with van der Waals surface area (Å²) >= 11 is 0. The van der Waals surface area contributed by atoms with Crippen molar-refractivity contribution in [3.63, 3.8) is 0 Å². The van der Waals surface area contributed by atoms with E-state index in [4.69, 9.17) is 9.47 Å². The van der Waals surface area contributed by atoms with Crippen molar-refractivity contribution >= 4 is 17.2 Å². The number of nitrogens with one attached hydrogen (secondary N) is 1. The van der Waals surface area contributed by atoms with Gasteiger partial charge >= 0.3 is 6.01 Å². The van der Waals surface area contributed by atoms with Crippen LogP contribution in [0.1, 0.15) is 6.92 Å². The fourth-order valence-corrected chi connectivity index (χ4v) is 3.14. The van der Waals surface area contributed by atoms with Crippen LogP contribution in [0, 0.1) is 0 Å². The number of imidazole rings is 1. The van der Waals surface area contributed by atoms with Crippen molar-refractivity contribution in [3.05, 3.63) is 55.0 Å². The second-order valence-corrected chi connectivity index (χ2v) is 6.31. The van der Waals surface area contributed by atoms with Gasteiger partial charge < -0.3 is 14.8 Å². The lowest BCUT2D eigenvalue weighted by Crippen LogP contribution is -2.08. The molecule has 1 amide bonds. The number of hydrogen-bond donors (Lipinski definition) is 1. The summed E-state index contributed by atoms with van der Waals surface area (Å²) in [5, 5.41) is 2.85. The third kappa shape index (κ3) is 3.47. The maximum atomic E-state index is 11.8. The Balaban J connectivity index is 1.96. The Morgan fingerprint density at radius 2 is 1.83 bits per heavy atom.